The Hall–Kier alpha value is -2.51. The second kappa shape index (κ2) is 7.37. The molecule has 2 aromatic heterocycles. The standard InChI is InChI=1S/C17H21N5O2/c1-2-8-21(9-10-23)12-15-19-16-14(17(24)20-15)11-18-22(16)13-6-4-3-5-7-13/h3-7,11,23H,2,8-10,12H2,1H3,(H,19,20,24). The van der Waals surface area contributed by atoms with Crippen LogP contribution in [0.15, 0.2) is 41.3 Å². The number of fused-ring (bicyclic) bond motifs is 1. The van der Waals surface area contributed by atoms with Crippen LogP contribution in [0.3, 0.4) is 0 Å². The maximum Gasteiger partial charge on any atom is 0.262 e. The second-order valence-corrected chi connectivity index (χ2v) is 5.64. The maximum absolute atomic E-state index is 12.3. The molecule has 0 atom stereocenters. The summed E-state index contributed by atoms with van der Waals surface area (Å²) >= 11 is 0. The van der Waals surface area contributed by atoms with Gasteiger partial charge in [-0.05, 0) is 25.1 Å². The first-order valence-electron chi connectivity index (χ1n) is 8.08. The van der Waals surface area contributed by atoms with Crippen molar-refractivity contribution in [2.75, 3.05) is 19.7 Å². The first kappa shape index (κ1) is 16.4. The predicted molar refractivity (Wildman–Crippen MR) is 92.1 cm³/mol. The van der Waals surface area contributed by atoms with E-state index in [9.17, 15) is 9.90 Å². The van der Waals surface area contributed by atoms with E-state index >= 15 is 0 Å². The van der Waals surface area contributed by atoms with Gasteiger partial charge in [0, 0.05) is 6.54 Å². The van der Waals surface area contributed by atoms with Crippen molar-refractivity contribution < 1.29 is 5.11 Å². The molecule has 2 N–H and O–H groups in total. The van der Waals surface area contributed by atoms with Crippen LogP contribution in [0.4, 0.5) is 0 Å². The van der Waals surface area contributed by atoms with Crippen molar-refractivity contribution in [2.24, 2.45) is 0 Å². The van der Waals surface area contributed by atoms with Gasteiger partial charge in [-0.1, -0.05) is 25.1 Å². The highest BCUT2D eigenvalue weighted by molar-refractivity contribution is 5.75. The molecule has 0 bridgehead atoms. The van der Waals surface area contributed by atoms with Crippen LogP contribution in [0.25, 0.3) is 16.7 Å². The number of hydrogen-bond acceptors (Lipinski definition) is 5. The molecule has 0 unspecified atom stereocenters. The fourth-order valence-electron chi connectivity index (χ4n) is 2.74. The first-order chi connectivity index (χ1) is 11.7. The molecule has 126 valence electrons. The minimum Gasteiger partial charge on any atom is -0.395 e. The molecule has 3 aromatic rings. The molecular weight excluding hydrogens is 306 g/mol. The van der Waals surface area contributed by atoms with Crippen molar-refractivity contribution in [2.45, 2.75) is 19.9 Å². The van der Waals surface area contributed by atoms with Gasteiger partial charge >= 0.3 is 0 Å². The second-order valence-electron chi connectivity index (χ2n) is 5.64. The summed E-state index contributed by atoms with van der Waals surface area (Å²) in [6, 6.07) is 9.61. The Morgan fingerprint density at radius 2 is 2.04 bits per heavy atom. The van der Waals surface area contributed by atoms with E-state index in [0.29, 0.717) is 29.9 Å². The molecule has 0 aliphatic carbocycles. The smallest absolute Gasteiger partial charge is 0.262 e. The fourth-order valence-corrected chi connectivity index (χ4v) is 2.74. The third-order valence-corrected chi connectivity index (χ3v) is 3.82. The van der Waals surface area contributed by atoms with Crippen LogP contribution >= 0.6 is 0 Å². The molecule has 0 aliphatic heterocycles. The quantitative estimate of drug-likeness (QED) is 0.683. The zero-order chi connectivity index (χ0) is 16.9. The van der Waals surface area contributed by atoms with Crippen LogP contribution in [0.5, 0.6) is 0 Å². The average Bonchev–Trinajstić information content (AvgIpc) is 3.00. The van der Waals surface area contributed by atoms with Gasteiger partial charge in [0.25, 0.3) is 5.56 Å². The lowest BCUT2D eigenvalue weighted by molar-refractivity contribution is 0.187. The van der Waals surface area contributed by atoms with Gasteiger partial charge in [-0.25, -0.2) is 9.67 Å². The van der Waals surface area contributed by atoms with Gasteiger partial charge in [0.2, 0.25) is 0 Å². The lowest BCUT2D eigenvalue weighted by Gasteiger charge is -2.19. The Labute approximate surface area is 139 Å². The van der Waals surface area contributed by atoms with E-state index in [1.807, 2.05) is 30.3 Å². The number of benzene rings is 1. The van der Waals surface area contributed by atoms with E-state index < -0.39 is 0 Å². The highest BCUT2D eigenvalue weighted by atomic mass is 16.3. The summed E-state index contributed by atoms with van der Waals surface area (Å²) in [6.07, 6.45) is 2.50. The van der Waals surface area contributed by atoms with Gasteiger partial charge < -0.3 is 10.1 Å². The molecule has 24 heavy (non-hydrogen) atoms. The molecule has 7 nitrogen and oxygen atoms in total. The van der Waals surface area contributed by atoms with Crippen molar-refractivity contribution in [3.8, 4) is 5.69 Å². The fraction of sp³-hybridized carbons (Fsp3) is 0.353. The highest BCUT2D eigenvalue weighted by Gasteiger charge is 2.13. The minimum atomic E-state index is -0.197. The molecule has 0 radical (unpaired) electrons. The SMILES string of the molecule is CCCN(CCO)Cc1nc2c(cnn2-c2ccccc2)c(=O)[nH]1. The van der Waals surface area contributed by atoms with Crippen LogP contribution in [0, 0.1) is 0 Å². The number of nitrogens with one attached hydrogen (secondary N) is 1. The monoisotopic (exact) mass is 327 g/mol. The molecule has 2 heterocycles. The van der Waals surface area contributed by atoms with E-state index in [1.54, 1.807) is 4.68 Å². The van der Waals surface area contributed by atoms with Crippen molar-refractivity contribution in [1.82, 2.24) is 24.6 Å². The summed E-state index contributed by atoms with van der Waals surface area (Å²) < 4.78 is 1.67. The summed E-state index contributed by atoms with van der Waals surface area (Å²) in [7, 11) is 0. The van der Waals surface area contributed by atoms with Crippen molar-refractivity contribution in [3.05, 3.63) is 52.7 Å². The van der Waals surface area contributed by atoms with E-state index in [2.05, 4.69) is 26.9 Å². The predicted octanol–water partition coefficient (Wildman–Crippen LogP) is 1.31. The molecule has 3 rings (SSSR count). The Kier molecular flexibility index (Phi) is 5.02. The summed E-state index contributed by atoms with van der Waals surface area (Å²) in [6.45, 7) is 4.02. The number of para-hydroxylation sites is 1. The van der Waals surface area contributed by atoms with Crippen LogP contribution in [0.2, 0.25) is 0 Å². The van der Waals surface area contributed by atoms with Crippen LogP contribution < -0.4 is 5.56 Å². The summed E-state index contributed by atoms with van der Waals surface area (Å²) in [4.78, 5) is 21.8. The van der Waals surface area contributed by atoms with Crippen LogP contribution in [0.1, 0.15) is 19.2 Å². The normalized spacial score (nSPS) is 11.5. The summed E-state index contributed by atoms with van der Waals surface area (Å²) in [5.74, 6) is 0.576. The molecule has 0 saturated carbocycles. The molecule has 7 heteroatoms. The van der Waals surface area contributed by atoms with Gasteiger partial charge in [0.05, 0.1) is 25.0 Å². The zero-order valence-electron chi connectivity index (χ0n) is 13.6. The van der Waals surface area contributed by atoms with E-state index in [0.717, 1.165) is 18.7 Å². The third kappa shape index (κ3) is 3.37. The number of H-pyrrole nitrogens is 1. The van der Waals surface area contributed by atoms with Crippen molar-refractivity contribution >= 4 is 11.0 Å². The molecule has 0 aliphatic rings. The molecule has 1 aromatic carbocycles. The largest absolute Gasteiger partial charge is 0.395 e. The van der Waals surface area contributed by atoms with Crippen molar-refractivity contribution in [3.63, 3.8) is 0 Å². The van der Waals surface area contributed by atoms with Gasteiger partial charge in [-0.3, -0.25) is 9.69 Å². The lowest BCUT2D eigenvalue weighted by atomic mass is 10.3. The molecule has 0 spiro atoms. The molecular formula is C17H21N5O2. The molecule has 0 saturated heterocycles. The zero-order valence-corrected chi connectivity index (χ0v) is 13.6. The topological polar surface area (TPSA) is 87.0 Å². The van der Waals surface area contributed by atoms with E-state index in [-0.39, 0.29) is 12.2 Å². The Morgan fingerprint density at radius 3 is 2.75 bits per heavy atom. The third-order valence-electron chi connectivity index (χ3n) is 3.82. The number of hydrogen-bond donors (Lipinski definition) is 2. The van der Waals surface area contributed by atoms with E-state index in [1.165, 1.54) is 6.20 Å². The molecule has 0 amide bonds. The number of nitrogens with zero attached hydrogens (tertiary/aromatic N) is 4. The Morgan fingerprint density at radius 1 is 1.25 bits per heavy atom. The minimum absolute atomic E-state index is 0.0778. The number of aliphatic hydroxyl groups is 1. The van der Waals surface area contributed by atoms with Gasteiger partial charge in [0.15, 0.2) is 5.65 Å². The van der Waals surface area contributed by atoms with Gasteiger partial charge in [0.1, 0.15) is 11.2 Å². The number of aliphatic hydroxyl groups excluding tert-OH is 1. The first-order valence-corrected chi connectivity index (χ1v) is 8.08. The number of rotatable bonds is 7. The molecule has 0 fully saturated rings. The Balaban J connectivity index is 2.00. The average molecular weight is 327 g/mol. The van der Waals surface area contributed by atoms with E-state index in [4.69, 9.17) is 0 Å². The number of aromatic nitrogens is 4. The van der Waals surface area contributed by atoms with Gasteiger partial charge in [-0.2, -0.15) is 5.10 Å². The number of aromatic amines is 1. The van der Waals surface area contributed by atoms with Crippen molar-refractivity contribution in [1.29, 1.82) is 0 Å². The van der Waals surface area contributed by atoms with Crippen LogP contribution in [-0.4, -0.2) is 49.5 Å². The van der Waals surface area contributed by atoms with Gasteiger partial charge in [-0.15, -0.1) is 0 Å². The highest BCUT2D eigenvalue weighted by Crippen LogP contribution is 2.13. The summed E-state index contributed by atoms with van der Waals surface area (Å²) in [5, 5.41) is 13.9. The maximum atomic E-state index is 12.3. The summed E-state index contributed by atoms with van der Waals surface area (Å²) in [5.41, 5.74) is 1.20. The Bertz CT molecular complexity index is 850. The lowest BCUT2D eigenvalue weighted by Crippen LogP contribution is -2.29. The van der Waals surface area contributed by atoms with Crippen LogP contribution in [-0.2, 0) is 6.54 Å².